The minimum Gasteiger partial charge on any atom is -0.375 e. The van der Waals surface area contributed by atoms with Gasteiger partial charge in [0.25, 0.3) is 0 Å². The van der Waals surface area contributed by atoms with E-state index in [4.69, 9.17) is 17.3 Å². The zero-order valence-electron chi connectivity index (χ0n) is 10.5. The fourth-order valence-corrected chi connectivity index (χ4v) is 2.47. The summed E-state index contributed by atoms with van der Waals surface area (Å²) in [6.45, 7) is 0.527. The Kier molecular flexibility index (Phi) is 4.39. The van der Waals surface area contributed by atoms with Crippen molar-refractivity contribution in [2.75, 3.05) is 12.8 Å². The van der Waals surface area contributed by atoms with Gasteiger partial charge >= 0.3 is 0 Å². The van der Waals surface area contributed by atoms with Crippen LogP contribution in [0.15, 0.2) is 29.6 Å². The molecule has 4 nitrogen and oxygen atoms in total. The monoisotopic (exact) mass is 295 g/mol. The van der Waals surface area contributed by atoms with Crippen LogP contribution in [0.5, 0.6) is 0 Å². The largest absolute Gasteiger partial charge is 0.375 e. The Morgan fingerprint density at radius 1 is 1.53 bits per heavy atom. The molecule has 0 fully saturated rings. The maximum atomic E-state index is 12.0. The van der Waals surface area contributed by atoms with Crippen molar-refractivity contribution in [3.05, 3.63) is 45.9 Å². The topological polar surface area (TPSA) is 59.2 Å². The highest BCUT2D eigenvalue weighted by molar-refractivity contribution is 7.13. The molecule has 0 aliphatic carbocycles. The van der Waals surface area contributed by atoms with Crippen molar-refractivity contribution in [2.24, 2.45) is 0 Å². The lowest BCUT2D eigenvalue weighted by molar-refractivity contribution is -0.129. The normalized spacial score (nSPS) is 10.4. The van der Waals surface area contributed by atoms with Crippen LogP contribution in [-0.2, 0) is 17.8 Å². The molecule has 0 saturated carbocycles. The summed E-state index contributed by atoms with van der Waals surface area (Å²) in [7, 11) is 1.76. The summed E-state index contributed by atoms with van der Waals surface area (Å²) in [5.74, 6) is 0.00488. The minimum absolute atomic E-state index is 0.00488. The van der Waals surface area contributed by atoms with Gasteiger partial charge in [-0.05, 0) is 17.7 Å². The average Bonchev–Trinajstić information content (AvgIpc) is 2.74. The maximum absolute atomic E-state index is 12.0. The number of carbonyl (C=O) groups excluding carboxylic acids is 1. The van der Waals surface area contributed by atoms with Gasteiger partial charge in [-0.25, -0.2) is 4.98 Å². The highest BCUT2D eigenvalue weighted by atomic mass is 35.5. The maximum Gasteiger partial charge on any atom is 0.228 e. The number of likely N-dealkylation sites (N-methyl/N-ethyl adjacent to an activating group) is 1. The first kappa shape index (κ1) is 13.8. The number of amides is 1. The van der Waals surface area contributed by atoms with Crippen molar-refractivity contribution < 1.29 is 4.79 Å². The molecule has 2 N–H and O–H groups in total. The summed E-state index contributed by atoms with van der Waals surface area (Å²) in [5.41, 5.74) is 7.25. The van der Waals surface area contributed by atoms with Crippen LogP contribution in [0.1, 0.15) is 11.3 Å². The Morgan fingerprint density at radius 3 is 2.95 bits per heavy atom. The van der Waals surface area contributed by atoms with E-state index in [-0.39, 0.29) is 12.3 Å². The lowest BCUT2D eigenvalue weighted by atomic mass is 10.2. The van der Waals surface area contributed by atoms with Gasteiger partial charge in [-0.3, -0.25) is 4.79 Å². The van der Waals surface area contributed by atoms with Gasteiger partial charge in [0.1, 0.15) is 0 Å². The van der Waals surface area contributed by atoms with E-state index < -0.39 is 0 Å². The summed E-state index contributed by atoms with van der Waals surface area (Å²) in [5, 5.41) is 2.96. The fourth-order valence-electron chi connectivity index (χ4n) is 1.69. The van der Waals surface area contributed by atoms with Crippen LogP contribution in [0.2, 0.25) is 5.02 Å². The van der Waals surface area contributed by atoms with Gasteiger partial charge in [-0.2, -0.15) is 0 Å². The number of anilines is 1. The number of nitrogens with two attached hydrogens (primary N) is 1. The molecule has 19 heavy (non-hydrogen) atoms. The minimum atomic E-state index is 0.00488. The average molecular weight is 296 g/mol. The van der Waals surface area contributed by atoms with Gasteiger partial charge < -0.3 is 10.6 Å². The Labute approximate surface area is 120 Å². The first-order valence-corrected chi connectivity index (χ1v) is 6.98. The molecule has 0 aliphatic rings. The Hall–Kier alpha value is -1.59. The van der Waals surface area contributed by atoms with E-state index in [0.717, 1.165) is 5.56 Å². The number of nitrogen functional groups attached to an aromatic ring is 1. The number of halogens is 1. The number of rotatable bonds is 4. The molecule has 0 saturated heterocycles. The highest BCUT2D eigenvalue weighted by Crippen LogP contribution is 2.14. The van der Waals surface area contributed by atoms with E-state index in [2.05, 4.69) is 4.98 Å². The molecule has 0 bridgehead atoms. The van der Waals surface area contributed by atoms with E-state index in [9.17, 15) is 4.79 Å². The van der Waals surface area contributed by atoms with Crippen molar-refractivity contribution >= 4 is 34.0 Å². The fraction of sp³-hybridized carbons (Fsp3) is 0.231. The Morgan fingerprint density at radius 2 is 2.32 bits per heavy atom. The van der Waals surface area contributed by atoms with E-state index in [1.54, 1.807) is 17.3 Å². The van der Waals surface area contributed by atoms with E-state index in [1.807, 2.05) is 24.3 Å². The Bertz CT molecular complexity index is 585. The van der Waals surface area contributed by atoms with E-state index in [0.29, 0.717) is 22.4 Å². The molecule has 6 heteroatoms. The number of thiazole rings is 1. The summed E-state index contributed by atoms with van der Waals surface area (Å²) in [6, 6.07) is 7.48. The number of hydrogen-bond acceptors (Lipinski definition) is 4. The second kappa shape index (κ2) is 6.04. The smallest absolute Gasteiger partial charge is 0.228 e. The molecule has 100 valence electrons. The van der Waals surface area contributed by atoms with Crippen LogP contribution in [0, 0.1) is 0 Å². The number of carbonyl (C=O) groups is 1. The Balaban J connectivity index is 1.96. The molecule has 1 amide bonds. The highest BCUT2D eigenvalue weighted by Gasteiger charge is 2.12. The van der Waals surface area contributed by atoms with Crippen molar-refractivity contribution in [2.45, 2.75) is 13.0 Å². The molecular weight excluding hydrogens is 282 g/mol. The molecule has 1 aromatic heterocycles. The molecule has 1 aromatic carbocycles. The molecule has 2 rings (SSSR count). The summed E-state index contributed by atoms with van der Waals surface area (Å²) >= 11 is 7.26. The van der Waals surface area contributed by atoms with Gasteiger partial charge in [-0.1, -0.05) is 23.7 Å². The summed E-state index contributed by atoms with van der Waals surface area (Å²) in [4.78, 5) is 17.8. The zero-order valence-corrected chi connectivity index (χ0v) is 12.0. The van der Waals surface area contributed by atoms with Crippen LogP contribution >= 0.6 is 22.9 Å². The van der Waals surface area contributed by atoms with Crippen molar-refractivity contribution in [3.8, 4) is 0 Å². The van der Waals surface area contributed by atoms with E-state index in [1.165, 1.54) is 11.3 Å². The predicted octanol–water partition coefficient (Wildman–Crippen LogP) is 2.58. The van der Waals surface area contributed by atoms with Crippen LogP contribution < -0.4 is 5.73 Å². The van der Waals surface area contributed by atoms with Crippen LogP contribution in [0.3, 0.4) is 0 Å². The SMILES string of the molecule is CN(Cc1cccc(Cl)c1)C(=O)Cc1csc(N)n1. The van der Waals surface area contributed by atoms with Crippen molar-refractivity contribution in [1.82, 2.24) is 9.88 Å². The number of hydrogen-bond donors (Lipinski definition) is 1. The first-order valence-electron chi connectivity index (χ1n) is 5.73. The van der Waals surface area contributed by atoms with Gasteiger partial charge in [0, 0.05) is 24.0 Å². The second-order valence-corrected chi connectivity index (χ2v) is 5.56. The standard InChI is InChI=1S/C13H14ClN3OS/c1-17(7-9-3-2-4-10(14)5-9)12(18)6-11-8-19-13(15)16-11/h2-5,8H,6-7H2,1H3,(H2,15,16). The lowest BCUT2D eigenvalue weighted by Crippen LogP contribution is -2.27. The van der Waals surface area contributed by atoms with Crippen LogP contribution in [-0.4, -0.2) is 22.8 Å². The molecule has 0 aliphatic heterocycles. The second-order valence-electron chi connectivity index (χ2n) is 4.23. The molecule has 2 aromatic rings. The third kappa shape index (κ3) is 3.94. The zero-order chi connectivity index (χ0) is 13.8. The molecule has 0 unspecified atom stereocenters. The van der Waals surface area contributed by atoms with Gasteiger partial charge in [0.15, 0.2) is 5.13 Å². The van der Waals surface area contributed by atoms with Gasteiger partial charge in [-0.15, -0.1) is 11.3 Å². The molecule has 1 heterocycles. The van der Waals surface area contributed by atoms with Crippen molar-refractivity contribution in [1.29, 1.82) is 0 Å². The molecule has 0 spiro atoms. The molecular formula is C13H14ClN3OS. The summed E-state index contributed by atoms with van der Waals surface area (Å²) < 4.78 is 0. The summed E-state index contributed by atoms with van der Waals surface area (Å²) in [6.07, 6.45) is 0.269. The quantitative estimate of drug-likeness (QED) is 0.943. The number of benzene rings is 1. The number of nitrogens with zero attached hydrogens (tertiary/aromatic N) is 2. The molecule has 0 radical (unpaired) electrons. The van der Waals surface area contributed by atoms with Crippen LogP contribution in [0.25, 0.3) is 0 Å². The van der Waals surface area contributed by atoms with Crippen molar-refractivity contribution in [3.63, 3.8) is 0 Å². The lowest BCUT2D eigenvalue weighted by Gasteiger charge is -2.16. The van der Waals surface area contributed by atoms with Gasteiger partial charge in [0.2, 0.25) is 5.91 Å². The van der Waals surface area contributed by atoms with E-state index >= 15 is 0 Å². The van der Waals surface area contributed by atoms with Gasteiger partial charge in [0.05, 0.1) is 12.1 Å². The predicted molar refractivity (Wildman–Crippen MR) is 78.2 cm³/mol. The van der Waals surface area contributed by atoms with Crippen LogP contribution in [0.4, 0.5) is 5.13 Å². The third-order valence-electron chi connectivity index (χ3n) is 2.64. The number of aromatic nitrogens is 1. The molecule has 0 atom stereocenters. The third-order valence-corrected chi connectivity index (χ3v) is 3.59. The first-order chi connectivity index (χ1) is 9.04.